The van der Waals surface area contributed by atoms with Gasteiger partial charge in [-0.2, -0.15) is 0 Å². The number of nitrogens with zero attached hydrogens (tertiary/aromatic N) is 1. The number of carbonyl (C=O) groups is 1. The Bertz CT molecular complexity index is 1110. The Morgan fingerprint density at radius 3 is 2.38 bits per heavy atom. The molecule has 1 aliphatic heterocycles. The van der Waals surface area contributed by atoms with Gasteiger partial charge < -0.3 is 10.0 Å². The average molecular weight is 412 g/mol. The zero-order chi connectivity index (χ0) is 20.8. The predicted molar refractivity (Wildman–Crippen MR) is 113 cm³/mol. The lowest BCUT2D eigenvalue weighted by Crippen LogP contribution is -2.22. The number of hydrogen-bond donors (Lipinski definition) is 1. The summed E-state index contributed by atoms with van der Waals surface area (Å²) < 4.78 is 26.2. The van der Waals surface area contributed by atoms with Crippen molar-refractivity contribution in [2.24, 2.45) is 5.92 Å². The van der Waals surface area contributed by atoms with Crippen LogP contribution in [-0.2, 0) is 14.6 Å². The van der Waals surface area contributed by atoms with Gasteiger partial charge in [0.2, 0.25) is 9.84 Å². The smallest absolute Gasteiger partial charge is 0.336 e. The van der Waals surface area contributed by atoms with Crippen LogP contribution in [0.15, 0.2) is 57.8 Å². The normalized spacial score (nSPS) is 18.8. The van der Waals surface area contributed by atoms with Crippen molar-refractivity contribution in [2.75, 3.05) is 11.9 Å². The average Bonchev–Trinajstić information content (AvgIpc) is 3.24. The van der Waals surface area contributed by atoms with Gasteiger partial charge >= 0.3 is 5.97 Å². The number of rotatable bonds is 4. The lowest BCUT2D eigenvalue weighted by molar-refractivity contribution is -0.130. The molecule has 0 radical (unpaired) electrons. The molecule has 2 aromatic rings. The number of benzene rings is 2. The second-order valence-corrected chi connectivity index (χ2v) is 9.64. The van der Waals surface area contributed by atoms with Crippen LogP contribution in [0.5, 0.6) is 0 Å². The summed E-state index contributed by atoms with van der Waals surface area (Å²) in [6, 6.07) is 11.8. The van der Waals surface area contributed by atoms with Crippen molar-refractivity contribution in [3.8, 4) is 0 Å². The second kappa shape index (κ2) is 7.34. The first kappa shape index (κ1) is 19.7. The molecule has 0 saturated heterocycles. The summed E-state index contributed by atoms with van der Waals surface area (Å²) in [6.45, 7) is 2.00. The van der Waals surface area contributed by atoms with Crippen LogP contribution in [0.3, 0.4) is 0 Å². The molecule has 5 nitrogen and oxygen atoms in total. The van der Waals surface area contributed by atoms with E-state index in [9.17, 15) is 18.3 Å². The molecule has 0 spiro atoms. The van der Waals surface area contributed by atoms with Crippen LogP contribution >= 0.6 is 0 Å². The largest absolute Gasteiger partial charge is 0.478 e. The van der Waals surface area contributed by atoms with Crippen LogP contribution in [-0.4, -0.2) is 26.5 Å². The number of para-hydroxylation sites is 1. The van der Waals surface area contributed by atoms with E-state index in [-0.39, 0.29) is 9.79 Å². The minimum atomic E-state index is -3.64. The van der Waals surface area contributed by atoms with Gasteiger partial charge in [-0.3, -0.25) is 0 Å². The van der Waals surface area contributed by atoms with Crippen LogP contribution in [0.2, 0.25) is 0 Å². The quantitative estimate of drug-likeness (QED) is 0.714. The number of allylic oxidation sites excluding steroid dienone is 1. The summed E-state index contributed by atoms with van der Waals surface area (Å²) in [5, 5.41) is 10.0. The van der Waals surface area contributed by atoms with Gasteiger partial charge in [0.25, 0.3) is 0 Å². The van der Waals surface area contributed by atoms with Gasteiger partial charge in [0.05, 0.1) is 26.7 Å². The number of sulfone groups is 1. The van der Waals surface area contributed by atoms with Crippen molar-refractivity contribution >= 4 is 32.8 Å². The first-order valence-corrected chi connectivity index (χ1v) is 11.5. The summed E-state index contributed by atoms with van der Waals surface area (Å²) in [5.74, 6) is -0.653. The van der Waals surface area contributed by atoms with Gasteiger partial charge in [-0.25, -0.2) is 13.2 Å². The second-order valence-electron chi connectivity index (χ2n) is 7.75. The third-order valence-corrected chi connectivity index (χ3v) is 8.03. The molecule has 1 fully saturated rings. The van der Waals surface area contributed by atoms with E-state index in [4.69, 9.17) is 0 Å². The summed E-state index contributed by atoms with van der Waals surface area (Å²) in [6.07, 6.45) is 4.98. The minimum absolute atomic E-state index is 0.214. The van der Waals surface area contributed by atoms with E-state index in [0.29, 0.717) is 34.9 Å². The highest BCUT2D eigenvalue weighted by Gasteiger charge is 2.33. The number of hydrogen-bond acceptors (Lipinski definition) is 4. The van der Waals surface area contributed by atoms with E-state index in [1.165, 1.54) is 0 Å². The van der Waals surface area contributed by atoms with Crippen molar-refractivity contribution in [3.63, 3.8) is 0 Å². The molecule has 1 heterocycles. The summed E-state index contributed by atoms with van der Waals surface area (Å²) >= 11 is 0. The number of anilines is 2. The predicted octanol–water partition coefficient (Wildman–Crippen LogP) is 5.04. The van der Waals surface area contributed by atoms with Crippen LogP contribution in [0.25, 0.3) is 5.57 Å². The van der Waals surface area contributed by atoms with E-state index in [0.717, 1.165) is 31.3 Å². The molecule has 0 aromatic heterocycles. The van der Waals surface area contributed by atoms with Crippen LogP contribution in [0, 0.1) is 5.92 Å². The van der Waals surface area contributed by atoms with Crippen molar-refractivity contribution in [1.29, 1.82) is 0 Å². The number of fused-ring (bicyclic) bond motifs is 2. The Morgan fingerprint density at radius 1 is 1.07 bits per heavy atom. The Labute approximate surface area is 171 Å². The van der Waals surface area contributed by atoms with Crippen molar-refractivity contribution in [1.82, 2.24) is 0 Å². The molecule has 1 aliphatic carbocycles. The molecule has 6 heteroatoms. The zero-order valence-corrected chi connectivity index (χ0v) is 17.5. The van der Waals surface area contributed by atoms with Crippen molar-refractivity contribution in [2.45, 2.75) is 48.8 Å². The Balaban J connectivity index is 1.91. The van der Waals surface area contributed by atoms with Gasteiger partial charge in [0.15, 0.2) is 0 Å². The van der Waals surface area contributed by atoms with Gasteiger partial charge in [0, 0.05) is 7.05 Å². The van der Waals surface area contributed by atoms with Gasteiger partial charge in [-0.1, -0.05) is 43.5 Å². The molecular formula is C23H25NO4S. The monoisotopic (exact) mass is 411 g/mol. The van der Waals surface area contributed by atoms with Crippen LogP contribution in [0.4, 0.5) is 11.4 Å². The lowest BCUT2D eigenvalue weighted by Gasteiger charge is -2.30. The Kier molecular flexibility index (Phi) is 4.99. The third-order valence-electron chi connectivity index (χ3n) is 6.18. The van der Waals surface area contributed by atoms with Crippen molar-refractivity contribution in [3.05, 3.63) is 53.6 Å². The highest BCUT2D eigenvalue weighted by atomic mass is 32.2. The molecule has 152 valence electrons. The molecule has 0 unspecified atom stereocenters. The fourth-order valence-electron chi connectivity index (χ4n) is 4.76. The molecular weight excluding hydrogens is 386 g/mol. The topological polar surface area (TPSA) is 74.7 Å². The number of carboxylic acids is 1. The maximum atomic E-state index is 13.1. The number of aliphatic carboxylic acids is 1. The van der Waals surface area contributed by atoms with E-state index in [2.05, 4.69) is 0 Å². The standard InChI is InChI=1S/C23H25NO4S/c1-3-17(15-8-4-5-9-15)22(23(25)26)16-12-13-21-19(14-16)24(2)18-10-6-7-11-20(18)29(21,27)28/h6-7,10-15H,3-5,8-9H2,1-2H3,(H,25,26). The fraction of sp³-hybridized carbons (Fsp3) is 0.348. The van der Waals surface area contributed by atoms with Crippen LogP contribution in [0.1, 0.15) is 44.6 Å². The molecule has 0 bridgehead atoms. The van der Waals surface area contributed by atoms with Gasteiger partial charge in [-0.05, 0) is 55.0 Å². The molecule has 2 aliphatic rings. The molecule has 1 N–H and O–H groups in total. The molecule has 0 amide bonds. The van der Waals surface area contributed by atoms with Crippen LogP contribution < -0.4 is 4.90 Å². The maximum absolute atomic E-state index is 13.1. The fourth-order valence-corrected chi connectivity index (χ4v) is 6.46. The van der Waals surface area contributed by atoms with Crippen molar-refractivity contribution < 1.29 is 18.3 Å². The van der Waals surface area contributed by atoms with E-state index in [1.807, 2.05) is 18.9 Å². The highest BCUT2D eigenvalue weighted by molar-refractivity contribution is 7.92. The maximum Gasteiger partial charge on any atom is 0.336 e. The first-order chi connectivity index (χ1) is 13.9. The third kappa shape index (κ3) is 3.15. The molecule has 4 rings (SSSR count). The lowest BCUT2D eigenvalue weighted by atomic mass is 9.87. The molecule has 29 heavy (non-hydrogen) atoms. The van der Waals surface area contributed by atoms with E-state index >= 15 is 0 Å². The van der Waals surface area contributed by atoms with E-state index in [1.54, 1.807) is 42.5 Å². The highest BCUT2D eigenvalue weighted by Crippen LogP contribution is 2.45. The summed E-state index contributed by atoms with van der Waals surface area (Å²) in [5.41, 5.74) is 2.98. The zero-order valence-electron chi connectivity index (χ0n) is 16.7. The molecule has 0 atom stereocenters. The summed E-state index contributed by atoms with van der Waals surface area (Å²) in [7, 11) is -1.83. The Morgan fingerprint density at radius 2 is 1.72 bits per heavy atom. The Hall–Kier alpha value is -2.60. The SMILES string of the molecule is CCC(=C(C(=O)O)c1ccc2c(c1)N(C)c1ccccc1S2(=O)=O)C1CCCC1. The molecule has 2 aromatic carbocycles. The van der Waals surface area contributed by atoms with E-state index < -0.39 is 15.8 Å². The minimum Gasteiger partial charge on any atom is -0.478 e. The van der Waals surface area contributed by atoms with Gasteiger partial charge in [-0.15, -0.1) is 0 Å². The molecule has 1 saturated carbocycles. The first-order valence-electron chi connectivity index (χ1n) is 10.0. The van der Waals surface area contributed by atoms with Gasteiger partial charge in [0.1, 0.15) is 0 Å². The summed E-state index contributed by atoms with van der Waals surface area (Å²) in [4.78, 5) is 14.6. The number of carboxylic acid groups (broad SMARTS) is 1.